The highest BCUT2D eigenvalue weighted by Gasteiger charge is 2.23. The third-order valence-electron chi connectivity index (χ3n) is 4.10. The molecular weight excluding hydrogens is 279 g/mol. The summed E-state index contributed by atoms with van der Waals surface area (Å²) in [7, 11) is 0. The van der Waals surface area contributed by atoms with E-state index < -0.39 is 0 Å². The van der Waals surface area contributed by atoms with Crippen molar-refractivity contribution >= 4 is 5.91 Å². The summed E-state index contributed by atoms with van der Waals surface area (Å²) in [6, 6.07) is 12.9. The van der Waals surface area contributed by atoms with E-state index in [0.29, 0.717) is 25.1 Å². The topological polar surface area (TPSA) is 41.1 Å². The van der Waals surface area contributed by atoms with E-state index >= 15 is 0 Å². The SMILES string of the molecule is Cc1ccc(CNC(=O)C2Cc3ccccc3CN2)cc1F. The fourth-order valence-electron chi connectivity index (χ4n) is 2.70. The van der Waals surface area contributed by atoms with E-state index in [1.807, 2.05) is 18.2 Å². The van der Waals surface area contributed by atoms with Crippen LogP contribution >= 0.6 is 0 Å². The third kappa shape index (κ3) is 3.17. The molecule has 3 rings (SSSR count). The van der Waals surface area contributed by atoms with Crippen molar-refractivity contribution in [2.45, 2.75) is 32.5 Å². The van der Waals surface area contributed by atoms with E-state index in [0.717, 1.165) is 5.56 Å². The molecule has 0 radical (unpaired) electrons. The van der Waals surface area contributed by atoms with Gasteiger partial charge in [0.05, 0.1) is 6.04 Å². The lowest BCUT2D eigenvalue weighted by atomic mass is 9.95. The second kappa shape index (κ2) is 6.28. The van der Waals surface area contributed by atoms with Crippen LogP contribution in [0.15, 0.2) is 42.5 Å². The molecular formula is C18H19FN2O. The first-order valence-electron chi connectivity index (χ1n) is 7.46. The molecule has 22 heavy (non-hydrogen) atoms. The van der Waals surface area contributed by atoms with Crippen LogP contribution in [0.3, 0.4) is 0 Å². The molecule has 1 aliphatic heterocycles. The molecule has 0 saturated carbocycles. The maximum Gasteiger partial charge on any atom is 0.237 e. The minimum atomic E-state index is -0.239. The quantitative estimate of drug-likeness (QED) is 0.914. The molecule has 2 N–H and O–H groups in total. The van der Waals surface area contributed by atoms with Gasteiger partial charge in [-0.15, -0.1) is 0 Å². The molecule has 0 aromatic heterocycles. The number of carbonyl (C=O) groups is 1. The second-order valence-corrected chi connectivity index (χ2v) is 5.71. The fraction of sp³-hybridized carbons (Fsp3) is 0.278. The first-order chi connectivity index (χ1) is 10.6. The van der Waals surface area contributed by atoms with Crippen LogP contribution < -0.4 is 10.6 Å². The fourth-order valence-corrected chi connectivity index (χ4v) is 2.70. The van der Waals surface area contributed by atoms with Crippen molar-refractivity contribution in [3.05, 3.63) is 70.5 Å². The van der Waals surface area contributed by atoms with E-state index in [1.165, 1.54) is 17.2 Å². The van der Waals surface area contributed by atoms with Crippen LogP contribution in [0.4, 0.5) is 4.39 Å². The van der Waals surface area contributed by atoms with Gasteiger partial charge in [0.2, 0.25) is 5.91 Å². The van der Waals surface area contributed by atoms with Crippen molar-refractivity contribution in [1.29, 1.82) is 0 Å². The molecule has 0 aliphatic carbocycles. The highest BCUT2D eigenvalue weighted by atomic mass is 19.1. The molecule has 1 atom stereocenters. The van der Waals surface area contributed by atoms with E-state index in [9.17, 15) is 9.18 Å². The van der Waals surface area contributed by atoms with Crippen LogP contribution in [0.2, 0.25) is 0 Å². The zero-order valence-corrected chi connectivity index (χ0v) is 12.5. The van der Waals surface area contributed by atoms with Crippen molar-refractivity contribution in [3.8, 4) is 0 Å². The number of amides is 1. The van der Waals surface area contributed by atoms with Gasteiger partial charge in [-0.25, -0.2) is 4.39 Å². The predicted molar refractivity (Wildman–Crippen MR) is 83.8 cm³/mol. The third-order valence-corrected chi connectivity index (χ3v) is 4.10. The van der Waals surface area contributed by atoms with Crippen molar-refractivity contribution in [2.24, 2.45) is 0 Å². The van der Waals surface area contributed by atoms with Crippen molar-refractivity contribution in [3.63, 3.8) is 0 Å². The van der Waals surface area contributed by atoms with E-state index in [-0.39, 0.29) is 17.8 Å². The maximum absolute atomic E-state index is 13.5. The summed E-state index contributed by atoms with van der Waals surface area (Å²) < 4.78 is 13.5. The Morgan fingerprint density at radius 3 is 2.82 bits per heavy atom. The number of hydrogen-bond acceptors (Lipinski definition) is 2. The molecule has 0 fully saturated rings. The molecule has 114 valence electrons. The molecule has 1 unspecified atom stereocenters. The smallest absolute Gasteiger partial charge is 0.237 e. The molecule has 1 amide bonds. The monoisotopic (exact) mass is 298 g/mol. The van der Waals surface area contributed by atoms with Crippen LogP contribution in [-0.2, 0) is 24.3 Å². The Hall–Kier alpha value is -2.20. The number of hydrogen-bond donors (Lipinski definition) is 2. The highest BCUT2D eigenvalue weighted by molar-refractivity contribution is 5.82. The number of nitrogens with one attached hydrogen (secondary N) is 2. The molecule has 1 aliphatic rings. The largest absolute Gasteiger partial charge is 0.351 e. The van der Waals surface area contributed by atoms with Crippen LogP contribution in [0.25, 0.3) is 0 Å². The summed E-state index contributed by atoms with van der Waals surface area (Å²) in [5, 5.41) is 6.12. The zero-order chi connectivity index (χ0) is 15.5. The molecule has 0 saturated heterocycles. The Morgan fingerprint density at radius 1 is 1.27 bits per heavy atom. The molecule has 2 aromatic carbocycles. The first-order valence-corrected chi connectivity index (χ1v) is 7.46. The number of rotatable bonds is 3. The summed E-state index contributed by atoms with van der Waals surface area (Å²) in [5.41, 5.74) is 3.84. The van der Waals surface area contributed by atoms with Gasteiger partial charge in [0.25, 0.3) is 0 Å². The van der Waals surface area contributed by atoms with Gasteiger partial charge in [-0.2, -0.15) is 0 Å². The van der Waals surface area contributed by atoms with Crippen LogP contribution in [0, 0.1) is 12.7 Å². The second-order valence-electron chi connectivity index (χ2n) is 5.71. The van der Waals surface area contributed by atoms with Gasteiger partial charge < -0.3 is 10.6 Å². The van der Waals surface area contributed by atoms with Gasteiger partial charge in [-0.3, -0.25) is 4.79 Å². The Balaban J connectivity index is 1.60. The minimum Gasteiger partial charge on any atom is -0.351 e. The van der Waals surface area contributed by atoms with Gasteiger partial charge in [0.1, 0.15) is 5.82 Å². The van der Waals surface area contributed by atoms with Crippen LogP contribution in [0.5, 0.6) is 0 Å². The number of aryl methyl sites for hydroxylation is 1. The Bertz CT molecular complexity index is 699. The maximum atomic E-state index is 13.5. The minimum absolute atomic E-state index is 0.0458. The van der Waals surface area contributed by atoms with E-state index in [1.54, 1.807) is 13.0 Å². The van der Waals surface area contributed by atoms with E-state index in [4.69, 9.17) is 0 Å². The number of fused-ring (bicyclic) bond motifs is 1. The number of halogens is 1. The lowest BCUT2D eigenvalue weighted by molar-refractivity contribution is -0.123. The summed E-state index contributed by atoms with van der Waals surface area (Å²) in [6.45, 7) is 2.77. The Kier molecular flexibility index (Phi) is 4.20. The molecule has 3 nitrogen and oxygen atoms in total. The van der Waals surface area contributed by atoms with Gasteiger partial charge in [-0.05, 0) is 41.7 Å². The number of benzene rings is 2. The predicted octanol–water partition coefficient (Wildman–Crippen LogP) is 2.46. The van der Waals surface area contributed by atoms with Crippen LogP contribution in [-0.4, -0.2) is 11.9 Å². The Labute approximate surface area is 129 Å². The summed E-state index contributed by atoms with van der Waals surface area (Å²) in [5.74, 6) is -0.285. The molecule has 2 aromatic rings. The molecule has 4 heteroatoms. The highest BCUT2D eigenvalue weighted by Crippen LogP contribution is 2.16. The van der Waals surface area contributed by atoms with Crippen molar-refractivity contribution in [2.75, 3.05) is 0 Å². The zero-order valence-electron chi connectivity index (χ0n) is 12.5. The van der Waals surface area contributed by atoms with Gasteiger partial charge >= 0.3 is 0 Å². The first kappa shape index (κ1) is 14.7. The normalized spacial score (nSPS) is 16.9. The molecule has 0 spiro atoms. The van der Waals surface area contributed by atoms with E-state index in [2.05, 4.69) is 22.8 Å². The van der Waals surface area contributed by atoms with Crippen LogP contribution in [0.1, 0.15) is 22.3 Å². The molecule has 1 heterocycles. The standard InChI is InChI=1S/C18H19FN2O/c1-12-6-7-13(8-16(12)19)10-21-18(22)17-9-14-4-2-3-5-15(14)11-20-17/h2-8,17,20H,9-11H2,1H3,(H,21,22). The van der Waals surface area contributed by atoms with Crippen molar-refractivity contribution in [1.82, 2.24) is 10.6 Å². The summed E-state index contributed by atoms with van der Waals surface area (Å²) >= 11 is 0. The van der Waals surface area contributed by atoms with Crippen molar-refractivity contribution < 1.29 is 9.18 Å². The Morgan fingerprint density at radius 2 is 2.05 bits per heavy atom. The average molecular weight is 298 g/mol. The van der Waals surface area contributed by atoms with Gasteiger partial charge in [0, 0.05) is 13.1 Å². The van der Waals surface area contributed by atoms with Gasteiger partial charge in [0.15, 0.2) is 0 Å². The lowest BCUT2D eigenvalue weighted by Crippen LogP contribution is -2.47. The summed E-state index contributed by atoms with van der Waals surface area (Å²) in [6.07, 6.45) is 0.685. The number of carbonyl (C=O) groups excluding carboxylic acids is 1. The lowest BCUT2D eigenvalue weighted by Gasteiger charge is -2.25. The summed E-state index contributed by atoms with van der Waals surface area (Å²) in [4.78, 5) is 12.3. The van der Waals surface area contributed by atoms with Gasteiger partial charge in [-0.1, -0.05) is 36.4 Å². The molecule has 0 bridgehead atoms. The average Bonchev–Trinajstić information content (AvgIpc) is 2.55.